The Morgan fingerprint density at radius 1 is 1.11 bits per heavy atom. The van der Waals surface area contributed by atoms with Crippen LogP contribution in [0.5, 0.6) is 17.5 Å². The maximum atomic E-state index is 13.5. The van der Waals surface area contributed by atoms with E-state index < -0.39 is 41.0 Å². The highest BCUT2D eigenvalue weighted by atomic mass is 35.5. The maximum Gasteiger partial charge on any atom is 0.573 e. The monoisotopic (exact) mass is 552 g/mol. The van der Waals surface area contributed by atoms with E-state index in [1.54, 1.807) is 24.3 Å². The van der Waals surface area contributed by atoms with Crippen LogP contribution in [0.2, 0.25) is 5.02 Å². The zero-order valence-corrected chi connectivity index (χ0v) is 21.1. The molecule has 0 unspecified atom stereocenters. The summed E-state index contributed by atoms with van der Waals surface area (Å²) >= 11 is 5.99. The van der Waals surface area contributed by atoms with E-state index in [2.05, 4.69) is 15.0 Å². The number of hydrogen-bond acceptors (Lipinski definition) is 6. The molecule has 2 aromatic carbocycles. The highest BCUT2D eigenvalue weighted by Gasteiger charge is 2.51. The van der Waals surface area contributed by atoms with Gasteiger partial charge in [0.05, 0.1) is 20.6 Å². The number of halogens is 4. The molecule has 38 heavy (non-hydrogen) atoms. The summed E-state index contributed by atoms with van der Waals surface area (Å²) in [4.78, 5) is 44.0. The lowest BCUT2D eigenvalue weighted by Crippen LogP contribution is -2.61. The highest BCUT2D eigenvalue weighted by Crippen LogP contribution is 2.37. The van der Waals surface area contributed by atoms with E-state index >= 15 is 0 Å². The van der Waals surface area contributed by atoms with E-state index in [9.17, 15) is 27.6 Å². The van der Waals surface area contributed by atoms with Gasteiger partial charge in [-0.2, -0.15) is 4.48 Å². The third-order valence-corrected chi connectivity index (χ3v) is 5.94. The number of likely N-dealkylation sites (N-methyl/N-ethyl adjacent to an activating group) is 1. The van der Waals surface area contributed by atoms with Crippen molar-refractivity contribution in [1.82, 2.24) is 24.3 Å². The molecular formula is C24H22ClF3N5O5+. The number of nitrogens with one attached hydrogen (secondary N) is 1. The Kier molecular flexibility index (Phi) is 7.08. The normalized spacial score (nSPS) is 14.8. The fraction of sp³-hybridized carbons (Fsp3) is 0.250. The van der Waals surface area contributed by atoms with E-state index in [1.165, 1.54) is 37.8 Å². The minimum Gasteiger partial charge on any atom is -0.425 e. The number of imidazole rings is 1. The first-order chi connectivity index (χ1) is 17.8. The molecule has 2 heterocycles. The first-order valence-electron chi connectivity index (χ1n) is 11.1. The third kappa shape index (κ3) is 5.43. The van der Waals surface area contributed by atoms with Crippen LogP contribution in [0.4, 0.5) is 23.8 Å². The zero-order valence-electron chi connectivity index (χ0n) is 20.4. The van der Waals surface area contributed by atoms with Crippen molar-refractivity contribution < 1.29 is 37.0 Å². The molecule has 10 nitrogen and oxygen atoms in total. The number of benzene rings is 2. The van der Waals surface area contributed by atoms with Crippen LogP contribution < -0.4 is 19.3 Å². The van der Waals surface area contributed by atoms with Crippen LogP contribution in [0.3, 0.4) is 0 Å². The second-order valence-corrected chi connectivity index (χ2v) is 9.14. The van der Waals surface area contributed by atoms with E-state index in [4.69, 9.17) is 16.3 Å². The average Bonchev–Trinajstić information content (AvgIpc) is 3.20. The molecule has 200 valence electrons. The average molecular weight is 553 g/mol. The molecule has 0 spiro atoms. The van der Waals surface area contributed by atoms with Gasteiger partial charge in [0.2, 0.25) is 5.91 Å². The third-order valence-electron chi connectivity index (χ3n) is 5.68. The van der Waals surface area contributed by atoms with Gasteiger partial charge in [-0.1, -0.05) is 29.8 Å². The number of carbonyl (C=O) groups is 3. The summed E-state index contributed by atoms with van der Waals surface area (Å²) in [7, 11) is 4.36. The molecule has 1 aliphatic heterocycles. The van der Waals surface area contributed by atoms with Crippen LogP contribution in [-0.4, -0.2) is 66.3 Å². The molecule has 0 fully saturated rings. The summed E-state index contributed by atoms with van der Waals surface area (Å²) < 4.78 is 48.8. The van der Waals surface area contributed by atoms with E-state index in [0.29, 0.717) is 10.6 Å². The van der Waals surface area contributed by atoms with Crippen LogP contribution in [0.1, 0.15) is 16.1 Å². The standard InChI is InChI=1S/C24H21ClF3N5O5/c1-29-18(34)13-32-21(35)19-20(33(2,3)23(32)36)30-22(31(19)12-14-7-9-15(25)10-8-14)37-16-5-4-6-17(11-16)38-24(26,27)28/h4-11H,12-13H2,1-3H3/p+1. The summed E-state index contributed by atoms with van der Waals surface area (Å²) in [5, 5.41) is 2.86. The molecule has 0 saturated heterocycles. The quantitative estimate of drug-likeness (QED) is 0.442. The van der Waals surface area contributed by atoms with Gasteiger partial charge in [-0.25, -0.2) is 9.69 Å². The van der Waals surface area contributed by atoms with Gasteiger partial charge in [-0.3, -0.25) is 14.2 Å². The van der Waals surface area contributed by atoms with Crippen LogP contribution in [0.15, 0.2) is 48.5 Å². The van der Waals surface area contributed by atoms with Gasteiger partial charge in [0, 0.05) is 18.1 Å². The molecule has 4 rings (SSSR count). The molecule has 0 atom stereocenters. The molecule has 4 amide bonds. The summed E-state index contributed by atoms with van der Waals surface area (Å²) in [6.45, 7) is -0.490. The van der Waals surface area contributed by atoms with Crippen molar-refractivity contribution in [3.05, 3.63) is 64.8 Å². The number of alkyl halides is 3. The van der Waals surface area contributed by atoms with Gasteiger partial charge in [-0.15, -0.1) is 18.2 Å². The van der Waals surface area contributed by atoms with Crippen molar-refractivity contribution in [2.24, 2.45) is 0 Å². The fourth-order valence-electron chi connectivity index (χ4n) is 3.83. The minimum atomic E-state index is -4.91. The summed E-state index contributed by atoms with van der Waals surface area (Å²) in [6, 6.07) is 10.6. The number of ether oxygens (including phenoxy) is 2. The molecule has 0 saturated carbocycles. The number of aromatic nitrogens is 2. The minimum absolute atomic E-state index is 0.0221. The molecule has 0 bridgehead atoms. The number of hydrogen-bond donors (Lipinski definition) is 1. The summed E-state index contributed by atoms with van der Waals surface area (Å²) in [5.74, 6) is -1.87. The summed E-state index contributed by atoms with van der Waals surface area (Å²) in [6.07, 6.45) is -4.91. The predicted octanol–water partition coefficient (Wildman–Crippen LogP) is 4.16. The first kappa shape index (κ1) is 26.9. The van der Waals surface area contributed by atoms with Gasteiger partial charge in [0.1, 0.15) is 18.0 Å². The Hall–Kier alpha value is -4.10. The van der Waals surface area contributed by atoms with Crippen LogP contribution in [0, 0.1) is 0 Å². The van der Waals surface area contributed by atoms with E-state index in [0.717, 1.165) is 17.0 Å². The Balaban J connectivity index is 1.83. The Morgan fingerprint density at radius 3 is 2.39 bits per heavy atom. The van der Waals surface area contributed by atoms with Gasteiger partial charge < -0.3 is 14.8 Å². The number of quaternary nitrogens is 1. The predicted molar refractivity (Wildman–Crippen MR) is 130 cm³/mol. The molecule has 3 aromatic rings. The maximum absolute atomic E-state index is 13.5. The first-order valence-corrected chi connectivity index (χ1v) is 11.5. The van der Waals surface area contributed by atoms with Gasteiger partial charge in [0.25, 0.3) is 11.7 Å². The van der Waals surface area contributed by atoms with Gasteiger partial charge in [0.15, 0.2) is 5.69 Å². The smallest absolute Gasteiger partial charge is 0.425 e. The molecule has 0 radical (unpaired) electrons. The lowest BCUT2D eigenvalue weighted by atomic mass is 10.2. The molecule has 0 aliphatic carbocycles. The van der Waals surface area contributed by atoms with E-state index in [-0.39, 0.29) is 29.8 Å². The van der Waals surface area contributed by atoms with E-state index in [1.807, 2.05) is 0 Å². The van der Waals surface area contributed by atoms with Crippen LogP contribution >= 0.6 is 11.6 Å². The molecule has 14 heteroatoms. The van der Waals surface area contributed by atoms with Crippen molar-refractivity contribution in [2.75, 3.05) is 27.7 Å². The number of amides is 4. The second-order valence-electron chi connectivity index (χ2n) is 8.70. The zero-order chi connectivity index (χ0) is 27.8. The van der Waals surface area contributed by atoms with Crippen molar-refractivity contribution in [2.45, 2.75) is 12.9 Å². The SMILES string of the molecule is CNC(=O)CN1C(=O)c2c(nc(Oc3cccc(OC(F)(F)F)c3)n2Cc2ccc(Cl)cc2)[N+](C)(C)C1=O. The largest absolute Gasteiger partial charge is 0.573 e. The molecular weight excluding hydrogens is 531 g/mol. The molecule has 1 aliphatic rings. The number of carbonyl (C=O) groups excluding carboxylic acids is 3. The van der Waals surface area contributed by atoms with Crippen molar-refractivity contribution >= 4 is 35.3 Å². The number of imide groups is 1. The Bertz CT molecular complexity index is 1410. The molecule has 1 aromatic heterocycles. The van der Waals surface area contributed by atoms with Gasteiger partial charge >= 0.3 is 18.4 Å². The van der Waals surface area contributed by atoms with Gasteiger partial charge in [-0.05, 0) is 29.8 Å². The number of rotatable bonds is 7. The van der Waals surface area contributed by atoms with Crippen molar-refractivity contribution in [1.29, 1.82) is 0 Å². The fourth-order valence-corrected chi connectivity index (χ4v) is 3.95. The second kappa shape index (κ2) is 9.99. The Morgan fingerprint density at radius 2 is 1.76 bits per heavy atom. The number of fused-ring (bicyclic) bond motifs is 1. The summed E-state index contributed by atoms with van der Waals surface area (Å²) in [5.41, 5.74) is 0.660. The lowest BCUT2D eigenvalue weighted by molar-refractivity contribution is -0.274. The lowest BCUT2D eigenvalue weighted by Gasteiger charge is -2.34. The molecule has 1 N–H and O–H groups in total. The van der Waals surface area contributed by atoms with Crippen LogP contribution in [0.25, 0.3) is 0 Å². The number of nitrogens with zero attached hydrogens (tertiary/aromatic N) is 4. The number of urea groups is 1. The van der Waals surface area contributed by atoms with Crippen molar-refractivity contribution in [3.8, 4) is 17.5 Å². The van der Waals surface area contributed by atoms with Crippen molar-refractivity contribution in [3.63, 3.8) is 0 Å². The highest BCUT2D eigenvalue weighted by molar-refractivity contribution is 6.30. The topological polar surface area (TPSA) is 103 Å². The Labute approximate surface area is 219 Å². The van der Waals surface area contributed by atoms with Crippen LogP contribution in [-0.2, 0) is 11.3 Å².